The van der Waals surface area contributed by atoms with E-state index in [2.05, 4.69) is 0 Å². The lowest BCUT2D eigenvalue weighted by Gasteiger charge is -2.06. The Hall–Kier alpha value is -1.85. The van der Waals surface area contributed by atoms with Crippen LogP contribution in [0.3, 0.4) is 0 Å². The third kappa shape index (κ3) is 3.41. The van der Waals surface area contributed by atoms with Gasteiger partial charge < -0.3 is 0 Å². The molecule has 0 saturated carbocycles. The maximum atomic E-state index is 12.2. The molecule has 0 heterocycles. The lowest BCUT2D eigenvalue weighted by atomic mass is 10.1. The minimum atomic E-state index is -4.43. The summed E-state index contributed by atoms with van der Waals surface area (Å²) in [4.78, 5) is 9.22. The van der Waals surface area contributed by atoms with Gasteiger partial charge in [-0.15, -0.1) is 0 Å². The normalized spacial score (nSPS) is 11.9. The van der Waals surface area contributed by atoms with Crippen LogP contribution in [0.2, 0.25) is 0 Å². The second-order valence-electron chi connectivity index (χ2n) is 2.72. The molecule has 0 radical (unpaired) electrons. The first-order valence-corrected chi connectivity index (χ1v) is 3.88. The van der Waals surface area contributed by atoms with Crippen molar-refractivity contribution in [2.24, 2.45) is 0 Å². The lowest BCUT2D eigenvalue weighted by molar-refractivity contribution is -0.400. The van der Waals surface area contributed by atoms with Gasteiger partial charge in [-0.2, -0.15) is 13.2 Å². The molecule has 0 amide bonds. The number of rotatable bonds is 2. The Bertz CT molecular complexity index is 399. The summed E-state index contributed by atoms with van der Waals surface area (Å²) >= 11 is 0. The highest BCUT2D eigenvalue weighted by molar-refractivity contribution is 5.49. The summed E-state index contributed by atoms with van der Waals surface area (Å²) in [5.74, 6) is 0. The number of benzene rings is 1. The predicted molar refractivity (Wildman–Crippen MR) is 47.5 cm³/mol. The Morgan fingerprint density at radius 1 is 1.33 bits per heavy atom. The highest BCUT2D eigenvalue weighted by atomic mass is 19.4. The van der Waals surface area contributed by atoms with E-state index in [1.54, 1.807) is 0 Å². The fraction of sp³-hybridized carbons (Fsp3) is 0.111. The molecule has 3 nitrogen and oxygen atoms in total. The molecule has 0 aliphatic heterocycles. The smallest absolute Gasteiger partial charge is 0.259 e. The van der Waals surface area contributed by atoms with Crippen molar-refractivity contribution in [3.8, 4) is 0 Å². The van der Waals surface area contributed by atoms with Crippen molar-refractivity contribution in [3.05, 3.63) is 51.7 Å². The van der Waals surface area contributed by atoms with Crippen LogP contribution < -0.4 is 0 Å². The van der Waals surface area contributed by atoms with Crippen LogP contribution in [0.1, 0.15) is 11.1 Å². The molecule has 1 aromatic carbocycles. The van der Waals surface area contributed by atoms with Gasteiger partial charge in [0, 0.05) is 6.08 Å². The van der Waals surface area contributed by atoms with Crippen molar-refractivity contribution in [1.82, 2.24) is 0 Å². The van der Waals surface area contributed by atoms with Crippen LogP contribution in [0.25, 0.3) is 6.08 Å². The molecular formula is C9H6F3NO2. The van der Waals surface area contributed by atoms with Crippen LogP contribution in [0.4, 0.5) is 13.2 Å². The second-order valence-corrected chi connectivity index (χ2v) is 2.72. The van der Waals surface area contributed by atoms with Crippen molar-refractivity contribution in [1.29, 1.82) is 0 Å². The molecule has 0 aliphatic rings. The molecule has 0 atom stereocenters. The predicted octanol–water partition coefficient (Wildman–Crippen LogP) is 2.95. The molecule has 80 valence electrons. The van der Waals surface area contributed by atoms with Gasteiger partial charge in [0.2, 0.25) is 6.20 Å². The van der Waals surface area contributed by atoms with Crippen LogP contribution in [-0.4, -0.2) is 4.92 Å². The first-order valence-electron chi connectivity index (χ1n) is 3.88. The van der Waals surface area contributed by atoms with Crippen LogP contribution in [0, 0.1) is 10.1 Å². The molecule has 1 rings (SSSR count). The van der Waals surface area contributed by atoms with Gasteiger partial charge in [0.25, 0.3) is 0 Å². The van der Waals surface area contributed by atoms with Crippen molar-refractivity contribution in [2.75, 3.05) is 0 Å². The summed E-state index contributed by atoms with van der Waals surface area (Å²) in [6, 6.07) is 4.31. The Morgan fingerprint density at radius 3 is 2.53 bits per heavy atom. The van der Waals surface area contributed by atoms with Crippen molar-refractivity contribution >= 4 is 6.08 Å². The maximum Gasteiger partial charge on any atom is 0.416 e. The molecule has 6 heteroatoms. The number of nitro groups is 1. The average molecular weight is 217 g/mol. The monoisotopic (exact) mass is 217 g/mol. The van der Waals surface area contributed by atoms with E-state index in [1.165, 1.54) is 12.1 Å². The van der Waals surface area contributed by atoms with Crippen LogP contribution in [-0.2, 0) is 6.18 Å². The first kappa shape index (κ1) is 11.2. The first-order chi connectivity index (χ1) is 6.89. The van der Waals surface area contributed by atoms with Gasteiger partial charge in [-0.3, -0.25) is 10.1 Å². The lowest BCUT2D eigenvalue weighted by Crippen LogP contribution is -2.04. The summed E-state index contributed by atoms with van der Waals surface area (Å²) in [5.41, 5.74) is -0.686. The highest BCUT2D eigenvalue weighted by Crippen LogP contribution is 2.29. The van der Waals surface area contributed by atoms with Crippen LogP contribution >= 0.6 is 0 Å². The van der Waals surface area contributed by atoms with Gasteiger partial charge in [0.05, 0.1) is 10.5 Å². The van der Waals surface area contributed by atoms with Gasteiger partial charge >= 0.3 is 6.18 Å². The van der Waals surface area contributed by atoms with E-state index < -0.39 is 16.7 Å². The fourth-order valence-corrected chi connectivity index (χ4v) is 0.966. The zero-order valence-electron chi connectivity index (χ0n) is 7.36. The minimum absolute atomic E-state index is 0.140. The molecule has 0 N–H and O–H groups in total. The number of halogens is 3. The molecule has 0 spiro atoms. The topological polar surface area (TPSA) is 43.1 Å². The third-order valence-electron chi connectivity index (χ3n) is 1.60. The van der Waals surface area contributed by atoms with Crippen molar-refractivity contribution < 1.29 is 18.1 Å². The average Bonchev–Trinajstić information content (AvgIpc) is 2.14. The van der Waals surface area contributed by atoms with Crippen molar-refractivity contribution in [2.45, 2.75) is 6.18 Å². The van der Waals surface area contributed by atoms with Gasteiger partial charge in [-0.05, 0) is 17.7 Å². The molecule has 1 aromatic rings. The molecule has 0 unspecified atom stereocenters. The van der Waals surface area contributed by atoms with Gasteiger partial charge in [-0.1, -0.05) is 12.1 Å². The highest BCUT2D eigenvalue weighted by Gasteiger charge is 2.30. The Labute approximate surface area is 83.0 Å². The molecule has 0 saturated heterocycles. The summed E-state index contributed by atoms with van der Waals surface area (Å²) in [5, 5.41) is 9.95. The number of hydrogen-bond acceptors (Lipinski definition) is 2. The molecule has 0 aliphatic carbocycles. The van der Waals surface area contributed by atoms with Gasteiger partial charge in [0.15, 0.2) is 0 Å². The van der Waals surface area contributed by atoms with Crippen LogP contribution in [0.5, 0.6) is 0 Å². The van der Waals surface area contributed by atoms with Crippen molar-refractivity contribution in [3.63, 3.8) is 0 Å². The summed E-state index contributed by atoms with van der Waals surface area (Å²) < 4.78 is 36.6. The summed E-state index contributed by atoms with van der Waals surface area (Å²) in [6.45, 7) is 0. The standard InChI is InChI=1S/C9H6F3NO2/c10-9(11,12)8-3-1-2-7(6-8)4-5-13(14)15/h1-6H. The molecular weight excluding hydrogens is 211 g/mol. The van der Waals surface area contributed by atoms with E-state index in [0.717, 1.165) is 18.2 Å². The quantitative estimate of drug-likeness (QED) is 0.564. The molecule has 0 fully saturated rings. The second kappa shape index (κ2) is 4.12. The van der Waals surface area contributed by atoms with E-state index in [9.17, 15) is 23.3 Å². The number of alkyl halides is 3. The maximum absolute atomic E-state index is 12.2. The minimum Gasteiger partial charge on any atom is -0.259 e. The van der Waals surface area contributed by atoms with E-state index in [1.807, 2.05) is 0 Å². The van der Waals surface area contributed by atoms with Crippen LogP contribution in [0.15, 0.2) is 30.5 Å². The Balaban J connectivity index is 2.98. The number of hydrogen-bond donors (Lipinski definition) is 0. The van der Waals surface area contributed by atoms with E-state index in [0.29, 0.717) is 6.20 Å². The number of nitrogens with zero attached hydrogens (tertiary/aromatic N) is 1. The van der Waals surface area contributed by atoms with E-state index in [4.69, 9.17) is 0 Å². The molecule has 15 heavy (non-hydrogen) atoms. The SMILES string of the molecule is O=[N+]([O-])C=Cc1cccc(C(F)(F)F)c1. The Morgan fingerprint density at radius 2 is 2.00 bits per heavy atom. The Kier molecular flexibility index (Phi) is 3.08. The molecule has 0 bridgehead atoms. The largest absolute Gasteiger partial charge is 0.416 e. The summed E-state index contributed by atoms with van der Waals surface area (Å²) in [6.07, 6.45) is -2.83. The zero-order valence-corrected chi connectivity index (χ0v) is 7.36. The van der Waals surface area contributed by atoms with E-state index >= 15 is 0 Å². The van der Waals surface area contributed by atoms with Gasteiger partial charge in [0.1, 0.15) is 0 Å². The fourth-order valence-electron chi connectivity index (χ4n) is 0.966. The summed E-state index contributed by atoms with van der Waals surface area (Å²) in [7, 11) is 0. The zero-order chi connectivity index (χ0) is 11.5. The third-order valence-corrected chi connectivity index (χ3v) is 1.60. The van der Waals surface area contributed by atoms with Gasteiger partial charge in [-0.25, -0.2) is 0 Å². The van der Waals surface area contributed by atoms with E-state index in [-0.39, 0.29) is 5.56 Å². The molecule has 0 aromatic heterocycles.